The van der Waals surface area contributed by atoms with Crippen molar-refractivity contribution in [3.63, 3.8) is 0 Å². The quantitative estimate of drug-likeness (QED) is 0.0942. The van der Waals surface area contributed by atoms with Gasteiger partial charge in [-0.25, -0.2) is 14.6 Å². The maximum Gasteiger partial charge on any atom is 0.416 e. The van der Waals surface area contributed by atoms with E-state index in [-0.39, 0.29) is 18.5 Å². The number of nitrogens with zero attached hydrogens (tertiary/aromatic N) is 1. The van der Waals surface area contributed by atoms with Gasteiger partial charge >= 0.3 is 18.1 Å². The third-order valence-corrected chi connectivity index (χ3v) is 9.51. The fourth-order valence-electron chi connectivity index (χ4n) is 6.11. The molecule has 1 heterocycles. The molecule has 0 aliphatic heterocycles. The smallest absolute Gasteiger partial charge is 0.416 e. The number of esters is 2. The molecule has 0 fully saturated rings. The fourth-order valence-corrected chi connectivity index (χ4v) is 6.34. The molecule has 4 aromatic carbocycles. The van der Waals surface area contributed by atoms with Gasteiger partial charge in [-0.2, -0.15) is 13.2 Å². The number of aryl methyl sites for hydroxylation is 2. The summed E-state index contributed by atoms with van der Waals surface area (Å²) >= 11 is 6.50. The number of fused-ring (bicyclic) bond motifs is 1. The van der Waals surface area contributed by atoms with Gasteiger partial charge in [0.1, 0.15) is 18.1 Å². The first-order chi connectivity index (χ1) is 26.5. The van der Waals surface area contributed by atoms with Gasteiger partial charge in [0.25, 0.3) is 0 Å². The molecule has 0 atom stereocenters. The molecular formula is C44H44ClF3N2O5. The summed E-state index contributed by atoms with van der Waals surface area (Å²) < 4.78 is 54.3. The summed E-state index contributed by atoms with van der Waals surface area (Å²) in [5.74, 6) is 0.111. The van der Waals surface area contributed by atoms with Gasteiger partial charge in [-0.05, 0) is 129 Å². The van der Waals surface area contributed by atoms with Crippen molar-refractivity contribution in [1.29, 1.82) is 0 Å². The first-order valence-electron chi connectivity index (χ1n) is 18.3. The Kier molecular flexibility index (Phi) is 14.9. The molecule has 0 saturated carbocycles. The maximum atomic E-state index is 12.9. The molecule has 1 aliphatic carbocycles. The number of hydrogen-bond acceptors (Lipinski definition) is 7. The summed E-state index contributed by atoms with van der Waals surface area (Å²) in [5.41, 5.74) is 7.01. The SMILES string of the molecule is CCOC(=O)c1ccc2c(n1)CCCC2.COC(=O)c1ccc(CCNCCc2ccccc2OCc2ccc(-c3ccc(C(F)(F)F)cc3)cc2Cl)cc1. The van der Waals surface area contributed by atoms with Gasteiger partial charge in [0.2, 0.25) is 0 Å². The van der Waals surface area contributed by atoms with Crippen LogP contribution in [0.4, 0.5) is 13.2 Å². The van der Waals surface area contributed by atoms with E-state index in [2.05, 4.69) is 10.3 Å². The summed E-state index contributed by atoms with van der Waals surface area (Å²) in [7, 11) is 1.37. The van der Waals surface area contributed by atoms with Crippen LogP contribution in [0.5, 0.6) is 5.75 Å². The summed E-state index contributed by atoms with van der Waals surface area (Å²) in [6, 6.07) is 29.4. The highest BCUT2D eigenvalue weighted by Crippen LogP contribution is 2.32. The maximum absolute atomic E-state index is 12.9. The molecule has 55 heavy (non-hydrogen) atoms. The molecule has 0 amide bonds. The Bertz CT molecular complexity index is 2040. The van der Waals surface area contributed by atoms with Gasteiger partial charge in [-0.15, -0.1) is 0 Å². The van der Waals surface area contributed by atoms with Crippen LogP contribution >= 0.6 is 11.6 Å². The topological polar surface area (TPSA) is 86.8 Å². The highest BCUT2D eigenvalue weighted by molar-refractivity contribution is 6.31. The monoisotopic (exact) mass is 772 g/mol. The molecule has 0 saturated heterocycles. The molecule has 0 bridgehead atoms. The molecule has 1 N–H and O–H groups in total. The molecular weight excluding hydrogens is 729 g/mol. The lowest BCUT2D eigenvalue weighted by Gasteiger charge is -2.14. The van der Waals surface area contributed by atoms with Crippen LogP contribution in [-0.4, -0.2) is 43.7 Å². The number of carbonyl (C=O) groups excluding carboxylic acids is 2. The Morgan fingerprint density at radius 1 is 0.800 bits per heavy atom. The number of para-hydroxylation sites is 1. The number of carbonyl (C=O) groups is 2. The lowest BCUT2D eigenvalue weighted by atomic mass is 9.96. The average molecular weight is 773 g/mol. The van der Waals surface area contributed by atoms with Crippen LogP contribution in [0.3, 0.4) is 0 Å². The van der Waals surface area contributed by atoms with Crippen LogP contribution in [-0.2, 0) is 47.9 Å². The average Bonchev–Trinajstić information content (AvgIpc) is 3.20. The Morgan fingerprint density at radius 2 is 1.51 bits per heavy atom. The molecule has 288 valence electrons. The second kappa shape index (κ2) is 19.9. The van der Waals surface area contributed by atoms with Crippen molar-refractivity contribution >= 4 is 23.5 Å². The first kappa shape index (κ1) is 41.0. The first-order valence-corrected chi connectivity index (χ1v) is 18.6. The van der Waals surface area contributed by atoms with Crippen LogP contribution in [0.2, 0.25) is 5.02 Å². The molecule has 7 nitrogen and oxygen atoms in total. The van der Waals surface area contributed by atoms with E-state index < -0.39 is 11.7 Å². The number of rotatable bonds is 13. The van der Waals surface area contributed by atoms with Crippen molar-refractivity contribution in [2.24, 2.45) is 0 Å². The largest absolute Gasteiger partial charge is 0.489 e. The third kappa shape index (κ3) is 11.9. The van der Waals surface area contributed by atoms with Crippen LogP contribution in [0, 0.1) is 0 Å². The summed E-state index contributed by atoms with van der Waals surface area (Å²) in [6.45, 7) is 4.02. The van der Waals surface area contributed by atoms with E-state index in [1.807, 2.05) is 54.6 Å². The highest BCUT2D eigenvalue weighted by Gasteiger charge is 2.30. The van der Waals surface area contributed by atoms with Crippen molar-refractivity contribution in [2.75, 3.05) is 26.8 Å². The van der Waals surface area contributed by atoms with Crippen LogP contribution in [0.1, 0.15) is 74.1 Å². The number of nitrogens with one attached hydrogen (secondary N) is 1. The van der Waals surface area contributed by atoms with Gasteiger partial charge in [-0.1, -0.05) is 72.3 Å². The Labute approximate surface area is 324 Å². The van der Waals surface area contributed by atoms with E-state index in [4.69, 9.17) is 25.8 Å². The molecule has 6 rings (SSSR count). The molecule has 0 radical (unpaired) electrons. The second-order valence-corrected chi connectivity index (χ2v) is 13.4. The number of ether oxygens (including phenoxy) is 3. The zero-order valence-electron chi connectivity index (χ0n) is 30.9. The molecule has 1 aromatic heterocycles. The third-order valence-electron chi connectivity index (χ3n) is 9.15. The fraction of sp³-hybridized carbons (Fsp3) is 0.295. The zero-order valence-corrected chi connectivity index (χ0v) is 31.6. The number of benzene rings is 4. The molecule has 0 unspecified atom stereocenters. The summed E-state index contributed by atoms with van der Waals surface area (Å²) in [6.07, 6.45) is 1.72. The van der Waals surface area contributed by atoms with E-state index in [0.29, 0.717) is 28.5 Å². The van der Waals surface area contributed by atoms with Crippen LogP contribution in [0.25, 0.3) is 11.1 Å². The summed E-state index contributed by atoms with van der Waals surface area (Å²) in [4.78, 5) is 27.4. The minimum Gasteiger partial charge on any atom is -0.489 e. The van der Waals surface area contributed by atoms with E-state index in [1.165, 1.54) is 37.6 Å². The number of methoxy groups -OCH3 is 1. The van der Waals surface area contributed by atoms with E-state index >= 15 is 0 Å². The Morgan fingerprint density at radius 3 is 2.22 bits per heavy atom. The predicted octanol–water partition coefficient (Wildman–Crippen LogP) is 9.90. The molecule has 1 aliphatic rings. The Hall–Kier alpha value is -5.19. The van der Waals surface area contributed by atoms with E-state index in [1.54, 1.807) is 31.2 Å². The number of halogens is 4. The highest BCUT2D eigenvalue weighted by atomic mass is 35.5. The molecule has 11 heteroatoms. The number of alkyl halides is 3. The van der Waals surface area contributed by atoms with Gasteiger partial charge in [0.15, 0.2) is 0 Å². The van der Waals surface area contributed by atoms with Crippen molar-refractivity contribution in [3.8, 4) is 16.9 Å². The number of pyridine rings is 1. The molecule has 0 spiro atoms. The Balaban J connectivity index is 0.000000321. The normalized spacial score (nSPS) is 12.2. The minimum absolute atomic E-state index is 0.262. The zero-order chi connectivity index (χ0) is 39.2. The number of aromatic nitrogens is 1. The van der Waals surface area contributed by atoms with Gasteiger partial charge in [-0.3, -0.25) is 0 Å². The van der Waals surface area contributed by atoms with Crippen LogP contribution in [0.15, 0.2) is 103 Å². The van der Waals surface area contributed by atoms with Crippen molar-refractivity contribution in [1.82, 2.24) is 10.3 Å². The standard InChI is InChI=1S/C32H29ClF3NO3.C12H15NO2/c1-39-31(38)25-8-6-22(7-9-25)16-18-37-19-17-24-4-2-3-5-30(24)40-21-27-11-10-26(20-29(27)33)23-12-14-28(15-13-23)32(34,35)36;1-2-15-12(14)11-8-7-9-5-3-4-6-10(9)13-11/h2-15,20,37H,16-19,21H2,1H3;7-8H,2-6H2,1H3. The minimum atomic E-state index is -4.37. The summed E-state index contributed by atoms with van der Waals surface area (Å²) in [5, 5.41) is 3.93. The number of hydrogen-bond donors (Lipinski definition) is 1. The predicted molar refractivity (Wildman–Crippen MR) is 208 cm³/mol. The molecule has 5 aromatic rings. The van der Waals surface area contributed by atoms with Gasteiger partial charge in [0, 0.05) is 16.3 Å². The van der Waals surface area contributed by atoms with Gasteiger partial charge < -0.3 is 19.5 Å². The second-order valence-electron chi connectivity index (χ2n) is 12.9. The lowest BCUT2D eigenvalue weighted by Crippen LogP contribution is -2.20. The van der Waals surface area contributed by atoms with Gasteiger partial charge in [0.05, 0.1) is 24.8 Å². The lowest BCUT2D eigenvalue weighted by molar-refractivity contribution is -0.137. The van der Waals surface area contributed by atoms with Crippen LogP contribution < -0.4 is 10.1 Å². The van der Waals surface area contributed by atoms with E-state index in [0.717, 1.165) is 84.6 Å². The van der Waals surface area contributed by atoms with Crippen molar-refractivity contribution in [2.45, 2.75) is 58.2 Å². The van der Waals surface area contributed by atoms with Crippen molar-refractivity contribution < 1.29 is 37.0 Å². The van der Waals surface area contributed by atoms with E-state index in [9.17, 15) is 22.8 Å². The van der Waals surface area contributed by atoms with Crippen molar-refractivity contribution in [3.05, 3.63) is 153 Å².